The standard InChI is InChI=1S/C19H21N3OS/c1-11(2)15-16(21-5)12(3)13(4)19(22-15)24-17(18(20)23)14-9-7-6-8-10-14/h6-11,17H,1-4H3,(H2,20,23). The maximum atomic E-state index is 12.0. The molecule has 1 amide bonds. The van der Waals surface area contributed by atoms with Crippen molar-refractivity contribution in [1.29, 1.82) is 0 Å². The molecule has 2 rings (SSSR count). The molecule has 4 nitrogen and oxygen atoms in total. The molecule has 0 aliphatic heterocycles. The van der Waals surface area contributed by atoms with Crippen LogP contribution in [-0.2, 0) is 4.79 Å². The van der Waals surface area contributed by atoms with E-state index in [2.05, 4.69) is 4.85 Å². The number of carbonyl (C=O) groups excluding carboxylic acids is 1. The highest BCUT2D eigenvalue weighted by atomic mass is 32.2. The lowest BCUT2D eigenvalue weighted by atomic mass is 10.0. The molecule has 1 heterocycles. The number of primary amides is 1. The van der Waals surface area contributed by atoms with Crippen molar-refractivity contribution in [2.24, 2.45) is 5.73 Å². The third-order valence-electron chi connectivity index (χ3n) is 3.95. The van der Waals surface area contributed by atoms with E-state index in [1.165, 1.54) is 11.8 Å². The van der Waals surface area contributed by atoms with Crippen LogP contribution in [0.25, 0.3) is 4.85 Å². The topological polar surface area (TPSA) is 60.3 Å². The average molecular weight is 339 g/mol. The summed E-state index contributed by atoms with van der Waals surface area (Å²) in [5.41, 5.74) is 9.71. The monoisotopic (exact) mass is 339 g/mol. The molecule has 0 radical (unpaired) electrons. The number of hydrogen-bond acceptors (Lipinski definition) is 3. The number of amides is 1. The van der Waals surface area contributed by atoms with Crippen LogP contribution >= 0.6 is 11.8 Å². The molecule has 0 saturated heterocycles. The molecule has 0 spiro atoms. The van der Waals surface area contributed by atoms with Gasteiger partial charge >= 0.3 is 0 Å². The first-order valence-corrected chi connectivity index (χ1v) is 8.64. The Morgan fingerprint density at radius 1 is 1.21 bits per heavy atom. The Labute approximate surface area is 147 Å². The zero-order chi connectivity index (χ0) is 17.9. The molecule has 0 saturated carbocycles. The number of rotatable bonds is 5. The molecule has 0 aliphatic carbocycles. The van der Waals surface area contributed by atoms with Gasteiger partial charge in [-0.05, 0) is 36.5 Å². The summed E-state index contributed by atoms with van der Waals surface area (Å²) in [6.45, 7) is 15.3. The lowest BCUT2D eigenvalue weighted by molar-refractivity contribution is -0.117. The van der Waals surface area contributed by atoms with Crippen molar-refractivity contribution < 1.29 is 4.79 Å². The van der Waals surface area contributed by atoms with Gasteiger partial charge in [-0.25, -0.2) is 4.85 Å². The minimum absolute atomic E-state index is 0.136. The largest absolute Gasteiger partial charge is 0.368 e. The third-order valence-corrected chi connectivity index (χ3v) is 5.31. The molecule has 0 aliphatic rings. The summed E-state index contributed by atoms with van der Waals surface area (Å²) in [7, 11) is 0. The van der Waals surface area contributed by atoms with E-state index in [1.807, 2.05) is 58.0 Å². The Kier molecular flexibility index (Phi) is 5.63. The van der Waals surface area contributed by atoms with Gasteiger partial charge in [-0.15, -0.1) is 0 Å². The van der Waals surface area contributed by atoms with Gasteiger partial charge in [0.05, 0.1) is 17.3 Å². The maximum absolute atomic E-state index is 12.0. The van der Waals surface area contributed by atoms with Crippen LogP contribution in [0, 0.1) is 20.4 Å². The SMILES string of the molecule is [C-]#[N+]c1c(C(C)C)nc(SC(C(N)=O)c2ccccc2)c(C)c1C. The quantitative estimate of drug-likeness (QED) is 0.635. The first-order valence-electron chi connectivity index (χ1n) is 7.76. The number of nitrogens with two attached hydrogens (primary N) is 1. The number of benzene rings is 1. The van der Waals surface area contributed by atoms with Gasteiger partial charge in [0.1, 0.15) is 5.25 Å². The Morgan fingerprint density at radius 3 is 2.33 bits per heavy atom. The number of hydrogen-bond donors (Lipinski definition) is 1. The van der Waals surface area contributed by atoms with Crippen LogP contribution in [0.15, 0.2) is 35.4 Å². The van der Waals surface area contributed by atoms with Crippen molar-refractivity contribution in [2.75, 3.05) is 0 Å². The van der Waals surface area contributed by atoms with Gasteiger partial charge in [0, 0.05) is 0 Å². The molecule has 2 N–H and O–H groups in total. The zero-order valence-corrected chi connectivity index (χ0v) is 15.1. The van der Waals surface area contributed by atoms with E-state index in [0.29, 0.717) is 5.69 Å². The normalized spacial score (nSPS) is 12.0. The fourth-order valence-corrected chi connectivity index (χ4v) is 3.58. The first-order chi connectivity index (χ1) is 11.4. The van der Waals surface area contributed by atoms with Gasteiger partial charge in [0.25, 0.3) is 0 Å². The summed E-state index contributed by atoms with van der Waals surface area (Å²) in [5, 5.41) is 0.256. The van der Waals surface area contributed by atoms with E-state index in [0.717, 1.165) is 27.4 Å². The van der Waals surface area contributed by atoms with Gasteiger partial charge in [-0.3, -0.25) is 9.78 Å². The molecule has 124 valence electrons. The van der Waals surface area contributed by atoms with Gasteiger partial charge in [0.15, 0.2) is 0 Å². The second kappa shape index (κ2) is 7.50. The predicted octanol–water partition coefficient (Wildman–Crippen LogP) is 4.69. The number of thioether (sulfide) groups is 1. The van der Waals surface area contributed by atoms with E-state index in [1.54, 1.807) is 0 Å². The summed E-state index contributed by atoms with van der Waals surface area (Å²) >= 11 is 1.35. The minimum atomic E-state index is -0.504. The van der Waals surface area contributed by atoms with Crippen molar-refractivity contribution >= 4 is 23.4 Å². The Morgan fingerprint density at radius 2 is 1.83 bits per heavy atom. The van der Waals surface area contributed by atoms with E-state index in [9.17, 15) is 4.79 Å². The fraction of sp³-hybridized carbons (Fsp3) is 0.316. The van der Waals surface area contributed by atoms with E-state index < -0.39 is 11.2 Å². The number of carbonyl (C=O) groups is 1. The smallest absolute Gasteiger partial charge is 0.235 e. The highest BCUT2D eigenvalue weighted by Crippen LogP contribution is 2.40. The van der Waals surface area contributed by atoms with Crippen molar-refractivity contribution in [2.45, 2.75) is 43.9 Å². The van der Waals surface area contributed by atoms with Gasteiger partial charge in [-0.2, -0.15) is 0 Å². The summed E-state index contributed by atoms with van der Waals surface area (Å²) in [4.78, 5) is 20.3. The predicted molar refractivity (Wildman–Crippen MR) is 98.3 cm³/mol. The second-order valence-corrected chi connectivity index (χ2v) is 7.07. The van der Waals surface area contributed by atoms with Crippen LogP contribution < -0.4 is 5.73 Å². The molecular formula is C19H21N3OS. The summed E-state index contributed by atoms with van der Waals surface area (Å²) in [6, 6.07) is 9.46. The van der Waals surface area contributed by atoms with Crippen molar-refractivity contribution in [3.63, 3.8) is 0 Å². The molecule has 0 fully saturated rings. The van der Waals surface area contributed by atoms with Gasteiger partial charge in [-0.1, -0.05) is 55.9 Å². The second-order valence-electron chi connectivity index (χ2n) is 5.98. The molecule has 24 heavy (non-hydrogen) atoms. The molecule has 1 aromatic heterocycles. The van der Waals surface area contributed by atoms with E-state index >= 15 is 0 Å². The van der Waals surface area contributed by atoms with Gasteiger partial charge < -0.3 is 5.73 Å². The third kappa shape index (κ3) is 3.60. The average Bonchev–Trinajstić information content (AvgIpc) is 2.56. The number of nitrogens with zero attached hydrogens (tertiary/aromatic N) is 2. The number of pyridine rings is 1. The summed E-state index contributed by atoms with van der Waals surface area (Å²) in [5.74, 6) is -0.262. The minimum Gasteiger partial charge on any atom is -0.368 e. The van der Waals surface area contributed by atoms with Crippen LogP contribution in [-0.4, -0.2) is 10.9 Å². The lowest BCUT2D eigenvalue weighted by Crippen LogP contribution is -2.19. The molecular weight excluding hydrogens is 318 g/mol. The molecule has 2 aromatic rings. The fourth-order valence-electron chi connectivity index (χ4n) is 2.46. The van der Waals surface area contributed by atoms with Crippen molar-refractivity contribution in [3.8, 4) is 0 Å². The highest BCUT2D eigenvalue weighted by Gasteiger charge is 2.24. The summed E-state index contributed by atoms with van der Waals surface area (Å²) in [6.07, 6.45) is 0. The van der Waals surface area contributed by atoms with Crippen LogP contribution in [0.5, 0.6) is 0 Å². The number of aromatic nitrogens is 1. The molecule has 5 heteroatoms. The zero-order valence-electron chi connectivity index (χ0n) is 14.3. The molecule has 1 aromatic carbocycles. The van der Waals surface area contributed by atoms with Crippen molar-refractivity contribution in [1.82, 2.24) is 4.98 Å². The molecule has 1 unspecified atom stereocenters. The van der Waals surface area contributed by atoms with Crippen LogP contribution in [0.3, 0.4) is 0 Å². The van der Waals surface area contributed by atoms with E-state index in [4.69, 9.17) is 17.3 Å². The Bertz CT molecular complexity index is 794. The van der Waals surface area contributed by atoms with Crippen molar-refractivity contribution in [3.05, 3.63) is 64.1 Å². The first kappa shape index (κ1) is 18.0. The van der Waals surface area contributed by atoms with Gasteiger partial charge in [0.2, 0.25) is 11.6 Å². The molecule has 0 bridgehead atoms. The maximum Gasteiger partial charge on any atom is 0.235 e. The molecule has 1 atom stereocenters. The van der Waals surface area contributed by atoms with E-state index in [-0.39, 0.29) is 5.92 Å². The summed E-state index contributed by atoms with van der Waals surface area (Å²) < 4.78 is 0. The van der Waals surface area contributed by atoms with Crippen LogP contribution in [0.2, 0.25) is 0 Å². The Hall–Kier alpha value is -2.32. The highest BCUT2D eigenvalue weighted by molar-refractivity contribution is 8.00. The lowest BCUT2D eigenvalue weighted by Gasteiger charge is -2.19. The van der Waals surface area contributed by atoms with Crippen LogP contribution in [0.1, 0.15) is 47.4 Å². The van der Waals surface area contributed by atoms with Crippen LogP contribution in [0.4, 0.5) is 5.69 Å². The Balaban J connectivity index is 2.52.